The van der Waals surface area contributed by atoms with Crippen molar-refractivity contribution in [1.29, 1.82) is 0 Å². The highest BCUT2D eigenvalue weighted by atomic mass is 32.2. The minimum atomic E-state index is 0.708. The minimum absolute atomic E-state index is 0.708. The third kappa shape index (κ3) is 3.83. The molecule has 90 valence electrons. The van der Waals surface area contributed by atoms with Gasteiger partial charge in [-0.1, -0.05) is 6.92 Å². The first-order valence-corrected chi connectivity index (χ1v) is 6.39. The number of hydrogen-bond donors (Lipinski definition) is 2. The Balaban J connectivity index is 1.89. The summed E-state index contributed by atoms with van der Waals surface area (Å²) in [4.78, 5) is 15.7. The lowest BCUT2D eigenvalue weighted by Gasteiger charge is -2.02. The van der Waals surface area contributed by atoms with Crippen molar-refractivity contribution in [2.45, 2.75) is 30.2 Å². The Hall–Kier alpha value is -1.40. The molecule has 0 amide bonds. The van der Waals surface area contributed by atoms with Crippen LogP contribution in [0.25, 0.3) is 0 Å². The van der Waals surface area contributed by atoms with Crippen LogP contribution in [-0.2, 0) is 6.54 Å². The van der Waals surface area contributed by atoms with Gasteiger partial charge in [0.2, 0.25) is 0 Å². The van der Waals surface area contributed by atoms with Crippen molar-refractivity contribution in [3.8, 4) is 0 Å². The molecule has 0 fully saturated rings. The van der Waals surface area contributed by atoms with Crippen molar-refractivity contribution in [2.24, 2.45) is 0 Å². The van der Waals surface area contributed by atoms with E-state index in [0.717, 1.165) is 30.2 Å². The van der Waals surface area contributed by atoms with Crippen LogP contribution < -0.4 is 5.32 Å². The lowest BCUT2D eigenvalue weighted by atomic mass is 10.3. The van der Waals surface area contributed by atoms with Gasteiger partial charge < -0.3 is 10.3 Å². The quantitative estimate of drug-likeness (QED) is 0.604. The van der Waals surface area contributed by atoms with Crippen LogP contribution >= 0.6 is 11.8 Å². The van der Waals surface area contributed by atoms with Gasteiger partial charge in [0.15, 0.2) is 10.3 Å². The first kappa shape index (κ1) is 12.1. The van der Waals surface area contributed by atoms with Crippen LogP contribution in [0.5, 0.6) is 0 Å². The fourth-order valence-corrected chi connectivity index (χ4v) is 1.91. The van der Waals surface area contributed by atoms with E-state index in [1.165, 1.54) is 11.8 Å². The van der Waals surface area contributed by atoms with Gasteiger partial charge in [-0.25, -0.2) is 15.0 Å². The Morgan fingerprint density at radius 2 is 2.12 bits per heavy atom. The van der Waals surface area contributed by atoms with E-state index < -0.39 is 0 Å². The third-order valence-electron chi connectivity index (χ3n) is 2.10. The molecule has 0 atom stereocenters. The normalized spacial score (nSPS) is 10.6. The molecular weight excluding hydrogens is 234 g/mol. The molecule has 0 bridgehead atoms. The molecule has 0 saturated carbocycles. The van der Waals surface area contributed by atoms with Crippen molar-refractivity contribution < 1.29 is 0 Å². The van der Waals surface area contributed by atoms with Gasteiger partial charge in [0, 0.05) is 36.9 Å². The SMILES string of the molecule is CCCNCc1cnc(Sc2ncc[nH]2)nc1. The summed E-state index contributed by atoms with van der Waals surface area (Å²) < 4.78 is 0. The molecule has 6 heteroatoms. The van der Waals surface area contributed by atoms with Crippen LogP contribution in [-0.4, -0.2) is 26.5 Å². The predicted molar refractivity (Wildman–Crippen MR) is 66.7 cm³/mol. The maximum atomic E-state index is 4.28. The maximum Gasteiger partial charge on any atom is 0.195 e. The molecule has 0 aliphatic heterocycles. The van der Waals surface area contributed by atoms with E-state index >= 15 is 0 Å². The van der Waals surface area contributed by atoms with Crippen LogP contribution in [0.2, 0.25) is 0 Å². The summed E-state index contributed by atoms with van der Waals surface area (Å²) in [6.07, 6.45) is 8.33. The van der Waals surface area contributed by atoms with E-state index in [0.29, 0.717) is 5.16 Å². The van der Waals surface area contributed by atoms with Gasteiger partial charge in [0.1, 0.15) is 0 Å². The summed E-state index contributed by atoms with van der Waals surface area (Å²) in [5.41, 5.74) is 1.10. The molecule has 5 nitrogen and oxygen atoms in total. The van der Waals surface area contributed by atoms with Gasteiger partial charge in [-0.2, -0.15) is 0 Å². The van der Waals surface area contributed by atoms with Crippen LogP contribution in [0.15, 0.2) is 35.1 Å². The Morgan fingerprint density at radius 1 is 1.29 bits per heavy atom. The molecule has 2 rings (SSSR count). The van der Waals surface area contributed by atoms with E-state index in [9.17, 15) is 0 Å². The zero-order chi connectivity index (χ0) is 11.9. The van der Waals surface area contributed by atoms with Crippen molar-refractivity contribution >= 4 is 11.8 Å². The number of imidazole rings is 1. The van der Waals surface area contributed by atoms with Gasteiger partial charge in [-0.3, -0.25) is 0 Å². The lowest BCUT2D eigenvalue weighted by Crippen LogP contribution is -2.14. The molecule has 2 N–H and O–H groups in total. The van der Waals surface area contributed by atoms with Gasteiger partial charge in [0.25, 0.3) is 0 Å². The van der Waals surface area contributed by atoms with Gasteiger partial charge in [-0.05, 0) is 24.7 Å². The molecule has 0 aliphatic rings. The van der Waals surface area contributed by atoms with E-state index in [4.69, 9.17) is 0 Å². The summed E-state index contributed by atoms with van der Waals surface area (Å²) in [6, 6.07) is 0. The van der Waals surface area contributed by atoms with Crippen molar-refractivity contribution in [2.75, 3.05) is 6.54 Å². The van der Waals surface area contributed by atoms with Crippen LogP contribution in [0.3, 0.4) is 0 Å². The molecule has 0 aliphatic carbocycles. The van der Waals surface area contributed by atoms with E-state index in [-0.39, 0.29) is 0 Å². The highest BCUT2D eigenvalue weighted by molar-refractivity contribution is 7.99. The second-order valence-corrected chi connectivity index (χ2v) is 4.50. The molecule has 0 saturated heterocycles. The van der Waals surface area contributed by atoms with Gasteiger partial charge >= 0.3 is 0 Å². The average Bonchev–Trinajstić information content (AvgIpc) is 2.85. The van der Waals surface area contributed by atoms with Crippen molar-refractivity contribution in [1.82, 2.24) is 25.3 Å². The number of nitrogens with zero attached hydrogens (tertiary/aromatic N) is 3. The monoisotopic (exact) mass is 249 g/mol. The highest BCUT2D eigenvalue weighted by Crippen LogP contribution is 2.19. The highest BCUT2D eigenvalue weighted by Gasteiger charge is 2.02. The van der Waals surface area contributed by atoms with Gasteiger partial charge in [-0.15, -0.1) is 0 Å². The maximum absolute atomic E-state index is 4.28. The van der Waals surface area contributed by atoms with Crippen molar-refractivity contribution in [3.05, 3.63) is 30.4 Å². The Labute approximate surface area is 104 Å². The molecule has 0 spiro atoms. The number of H-pyrrole nitrogens is 1. The van der Waals surface area contributed by atoms with E-state index in [1.807, 2.05) is 12.4 Å². The zero-order valence-corrected chi connectivity index (χ0v) is 10.5. The molecule has 0 radical (unpaired) electrons. The summed E-state index contributed by atoms with van der Waals surface area (Å²) >= 11 is 1.42. The molecule has 2 aromatic rings. The first-order chi connectivity index (χ1) is 8.38. The Bertz CT molecular complexity index is 426. The van der Waals surface area contributed by atoms with E-state index in [2.05, 4.69) is 32.2 Å². The second kappa shape index (κ2) is 6.36. The lowest BCUT2D eigenvalue weighted by molar-refractivity contribution is 0.669. The Kier molecular flexibility index (Phi) is 4.52. The van der Waals surface area contributed by atoms with Crippen LogP contribution in [0, 0.1) is 0 Å². The second-order valence-electron chi connectivity index (χ2n) is 3.55. The molecule has 0 unspecified atom stereocenters. The topological polar surface area (TPSA) is 66.5 Å². The molecular formula is C11H15N5S. The summed E-state index contributed by atoms with van der Waals surface area (Å²) in [7, 11) is 0. The minimum Gasteiger partial charge on any atom is -0.339 e. The first-order valence-electron chi connectivity index (χ1n) is 5.57. The summed E-state index contributed by atoms with van der Waals surface area (Å²) in [6.45, 7) is 3.98. The fraction of sp³-hybridized carbons (Fsp3) is 0.364. The average molecular weight is 249 g/mol. The zero-order valence-electron chi connectivity index (χ0n) is 9.68. The van der Waals surface area contributed by atoms with Crippen LogP contribution in [0.1, 0.15) is 18.9 Å². The number of hydrogen-bond acceptors (Lipinski definition) is 5. The number of aromatic amines is 1. The number of rotatable bonds is 6. The summed E-state index contributed by atoms with van der Waals surface area (Å²) in [5.74, 6) is 0. The standard InChI is InChI=1S/C11H15N5S/c1-2-3-12-6-9-7-15-11(16-8-9)17-10-13-4-5-14-10/h4-5,7-8,12H,2-3,6H2,1H3,(H,13,14). The van der Waals surface area contributed by atoms with Crippen LogP contribution in [0.4, 0.5) is 0 Å². The Morgan fingerprint density at radius 3 is 2.76 bits per heavy atom. The largest absolute Gasteiger partial charge is 0.339 e. The molecule has 2 aromatic heterocycles. The summed E-state index contributed by atoms with van der Waals surface area (Å²) in [5, 5.41) is 4.83. The van der Waals surface area contributed by atoms with Gasteiger partial charge in [0.05, 0.1) is 0 Å². The van der Waals surface area contributed by atoms with Crippen molar-refractivity contribution in [3.63, 3.8) is 0 Å². The smallest absolute Gasteiger partial charge is 0.195 e. The number of aromatic nitrogens is 4. The molecule has 0 aromatic carbocycles. The fourth-order valence-electron chi connectivity index (χ4n) is 1.29. The molecule has 2 heterocycles. The number of nitrogens with one attached hydrogen (secondary N) is 2. The predicted octanol–water partition coefficient (Wildman–Crippen LogP) is 1.85. The molecule has 17 heavy (non-hydrogen) atoms. The third-order valence-corrected chi connectivity index (χ3v) is 2.91. The van der Waals surface area contributed by atoms with E-state index in [1.54, 1.807) is 12.4 Å².